The lowest BCUT2D eigenvalue weighted by Crippen LogP contribution is -2.62. The second-order valence-electron chi connectivity index (χ2n) is 12.5. The van der Waals surface area contributed by atoms with Crippen LogP contribution in [-0.2, 0) is 21.5 Å². The summed E-state index contributed by atoms with van der Waals surface area (Å²) in [5.74, 6) is 2.43. The first-order valence-electron chi connectivity index (χ1n) is 14.2. The van der Waals surface area contributed by atoms with Crippen LogP contribution in [0.3, 0.4) is 0 Å². The van der Waals surface area contributed by atoms with E-state index in [-0.39, 0.29) is 23.0 Å². The molecule has 0 spiro atoms. The van der Waals surface area contributed by atoms with E-state index in [0.29, 0.717) is 37.2 Å². The molecule has 7 nitrogen and oxygen atoms in total. The van der Waals surface area contributed by atoms with E-state index in [1.165, 1.54) is 24.8 Å². The van der Waals surface area contributed by atoms with Crippen LogP contribution in [0.5, 0.6) is 0 Å². The SMILES string of the molecule is CC1(c2nc(N3CCOCC3)ncc2C(=O)NC2C3CC4CC2CC(OCc2ccccc2)(C4)C3)CC1. The van der Waals surface area contributed by atoms with Gasteiger partial charge in [-0.2, -0.15) is 0 Å². The van der Waals surface area contributed by atoms with E-state index in [2.05, 4.69) is 52.5 Å². The third-order valence-corrected chi connectivity index (χ3v) is 9.79. The van der Waals surface area contributed by atoms with Gasteiger partial charge < -0.3 is 19.7 Å². The Morgan fingerprint density at radius 1 is 1.11 bits per heavy atom. The molecule has 1 amide bonds. The molecule has 6 fully saturated rings. The largest absolute Gasteiger partial charge is 0.378 e. The molecule has 37 heavy (non-hydrogen) atoms. The summed E-state index contributed by atoms with van der Waals surface area (Å²) in [6.07, 6.45) is 9.61. The number of carbonyl (C=O) groups is 1. The number of nitrogens with one attached hydrogen (secondary N) is 1. The van der Waals surface area contributed by atoms with Gasteiger partial charge >= 0.3 is 0 Å². The monoisotopic (exact) mass is 502 g/mol. The zero-order valence-corrected chi connectivity index (χ0v) is 21.8. The van der Waals surface area contributed by atoms with E-state index in [9.17, 15) is 4.79 Å². The molecule has 1 aromatic heterocycles. The van der Waals surface area contributed by atoms with Gasteiger partial charge in [0.2, 0.25) is 5.95 Å². The molecule has 2 unspecified atom stereocenters. The van der Waals surface area contributed by atoms with Crippen LogP contribution in [-0.4, -0.2) is 53.8 Å². The van der Waals surface area contributed by atoms with Crippen LogP contribution < -0.4 is 10.2 Å². The van der Waals surface area contributed by atoms with Gasteiger partial charge in [-0.25, -0.2) is 9.97 Å². The number of amides is 1. The first-order chi connectivity index (χ1) is 18.0. The highest BCUT2D eigenvalue weighted by molar-refractivity contribution is 5.96. The molecular formula is C30H38N4O3. The molecule has 7 heteroatoms. The molecule has 5 aliphatic carbocycles. The molecule has 2 atom stereocenters. The standard InChI is InChI=1S/C30H38N4O3/c1-29(7-8-29)26-24(18-31-28(33-26)34-9-11-36-12-10-34)27(35)32-25-22-13-21-14-23(25)17-30(15-21,16-22)37-19-20-5-3-2-4-6-20/h2-6,18,21-23,25H,7-17,19H2,1H3,(H,32,35). The summed E-state index contributed by atoms with van der Waals surface area (Å²) in [6.45, 7) is 5.88. The molecular weight excluding hydrogens is 464 g/mol. The van der Waals surface area contributed by atoms with Crippen LogP contribution in [0.15, 0.2) is 36.5 Å². The number of morpholine rings is 1. The molecule has 6 aliphatic rings. The predicted octanol–water partition coefficient (Wildman–Crippen LogP) is 4.26. The third kappa shape index (κ3) is 4.44. The molecule has 4 bridgehead atoms. The van der Waals surface area contributed by atoms with Crippen molar-refractivity contribution in [2.75, 3.05) is 31.2 Å². The fourth-order valence-corrected chi connectivity index (χ4v) is 7.74. The zero-order chi connectivity index (χ0) is 25.0. The van der Waals surface area contributed by atoms with Gasteiger partial charge in [0.05, 0.1) is 36.7 Å². The highest BCUT2D eigenvalue weighted by atomic mass is 16.5. The van der Waals surface area contributed by atoms with Gasteiger partial charge in [0, 0.05) is 30.7 Å². The minimum Gasteiger partial charge on any atom is -0.378 e. The Balaban J connectivity index is 1.08. The maximum absolute atomic E-state index is 13.8. The number of hydrogen-bond donors (Lipinski definition) is 1. The zero-order valence-electron chi connectivity index (χ0n) is 21.8. The molecule has 196 valence electrons. The highest BCUT2D eigenvalue weighted by Crippen LogP contribution is 2.57. The molecule has 2 heterocycles. The van der Waals surface area contributed by atoms with Gasteiger partial charge in [-0.15, -0.1) is 0 Å². The average molecular weight is 503 g/mol. The maximum Gasteiger partial charge on any atom is 0.254 e. The lowest BCUT2D eigenvalue weighted by Gasteiger charge is -2.59. The minimum absolute atomic E-state index is 0.00776. The number of anilines is 1. The van der Waals surface area contributed by atoms with Crippen LogP contribution in [0, 0.1) is 17.8 Å². The van der Waals surface area contributed by atoms with Crippen molar-refractivity contribution in [2.24, 2.45) is 17.8 Å². The van der Waals surface area contributed by atoms with Gasteiger partial charge in [0.1, 0.15) is 0 Å². The maximum atomic E-state index is 13.8. The second kappa shape index (κ2) is 9.05. The van der Waals surface area contributed by atoms with Crippen LogP contribution in [0.1, 0.15) is 73.5 Å². The Morgan fingerprint density at radius 3 is 2.54 bits per heavy atom. The topological polar surface area (TPSA) is 76.6 Å². The highest BCUT2D eigenvalue weighted by Gasteiger charge is 2.56. The Bertz CT molecular complexity index is 1140. The van der Waals surface area contributed by atoms with Gasteiger partial charge in [-0.05, 0) is 68.3 Å². The summed E-state index contributed by atoms with van der Waals surface area (Å²) in [6, 6.07) is 10.7. The van der Waals surface area contributed by atoms with Crippen molar-refractivity contribution in [3.05, 3.63) is 53.3 Å². The van der Waals surface area contributed by atoms with Crippen molar-refractivity contribution in [2.45, 2.75) is 75.5 Å². The summed E-state index contributed by atoms with van der Waals surface area (Å²) in [5.41, 5.74) is 2.79. The summed E-state index contributed by atoms with van der Waals surface area (Å²) in [4.78, 5) is 25.6. The second-order valence-corrected chi connectivity index (χ2v) is 12.5. The predicted molar refractivity (Wildman–Crippen MR) is 140 cm³/mol. The van der Waals surface area contributed by atoms with E-state index in [1.54, 1.807) is 6.20 Å². The van der Waals surface area contributed by atoms with Crippen molar-refractivity contribution in [3.8, 4) is 0 Å². The molecule has 2 aromatic rings. The van der Waals surface area contributed by atoms with Crippen LogP contribution in [0.2, 0.25) is 0 Å². The van der Waals surface area contributed by atoms with Crippen molar-refractivity contribution >= 4 is 11.9 Å². The lowest BCUT2D eigenvalue weighted by atomic mass is 9.52. The Morgan fingerprint density at radius 2 is 1.84 bits per heavy atom. The molecule has 8 rings (SSSR count). The normalized spacial score (nSPS) is 33.4. The minimum atomic E-state index is -0.0247. The molecule has 0 radical (unpaired) electrons. The Labute approximate surface area is 219 Å². The summed E-state index contributed by atoms with van der Waals surface area (Å²) in [5, 5.41) is 3.50. The summed E-state index contributed by atoms with van der Waals surface area (Å²) < 4.78 is 12.2. The number of rotatable bonds is 7. The van der Waals surface area contributed by atoms with Crippen LogP contribution >= 0.6 is 0 Å². The van der Waals surface area contributed by atoms with Crippen LogP contribution in [0.25, 0.3) is 0 Å². The fourth-order valence-electron chi connectivity index (χ4n) is 7.74. The first-order valence-corrected chi connectivity index (χ1v) is 14.2. The summed E-state index contributed by atoms with van der Waals surface area (Å²) in [7, 11) is 0. The first kappa shape index (κ1) is 23.6. The quantitative estimate of drug-likeness (QED) is 0.610. The Hall–Kier alpha value is -2.51. The fraction of sp³-hybridized carbons (Fsp3) is 0.633. The smallest absolute Gasteiger partial charge is 0.254 e. The van der Waals surface area contributed by atoms with Crippen molar-refractivity contribution in [1.82, 2.24) is 15.3 Å². The molecule has 1 saturated heterocycles. The van der Waals surface area contributed by atoms with E-state index < -0.39 is 0 Å². The summed E-state index contributed by atoms with van der Waals surface area (Å²) >= 11 is 0. The van der Waals surface area contributed by atoms with Crippen LogP contribution in [0.4, 0.5) is 5.95 Å². The van der Waals surface area contributed by atoms with Gasteiger partial charge in [-0.1, -0.05) is 37.3 Å². The number of hydrogen-bond acceptors (Lipinski definition) is 6. The Kier molecular flexibility index (Phi) is 5.77. The number of carbonyl (C=O) groups excluding carboxylic acids is 1. The van der Waals surface area contributed by atoms with E-state index in [1.807, 2.05) is 0 Å². The molecule has 5 saturated carbocycles. The number of ether oxygens (including phenoxy) is 2. The molecule has 1 aromatic carbocycles. The number of benzene rings is 1. The van der Waals surface area contributed by atoms with Gasteiger partial charge in [0.15, 0.2) is 0 Å². The van der Waals surface area contributed by atoms with E-state index in [0.717, 1.165) is 56.3 Å². The van der Waals surface area contributed by atoms with Crippen molar-refractivity contribution < 1.29 is 14.3 Å². The third-order valence-electron chi connectivity index (χ3n) is 9.79. The van der Waals surface area contributed by atoms with E-state index >= 15 is 0 Å². The van der Waals surface area contributed by atoms with Crippen molar-refractivity contribution in [1.29, 1.82) is 0 Å². The number of aromatic nitrogens is 2. The lowest BCUT2D eigenvalue weighted by molar-refractivity contribution is -0.177. The van der Waals surface area contributed by atoms with Crippen molar-refractivity contribution in [3.63, 3.8) is 0 Å². The number of nitrogens with zero attached hydrogens (tertiary/aromatic N) is 3. The molecule has 1 N–H and O–H groups in total. The average Bonchev–Trinajstić information content (AvgIpc) is 3.68. The van der Waals surface area contributed by atoms with Gasteiger partial charge in [-0.3, -0.25) is 4.79 Å². The van der Waals surface area contributed by atoms with Gasteiger partial charge in [0.25, 0.3) is 5.91 Å². The van der Waals surface area contributed by atoms with E-state index in [4.69, 9.17) is 14.5 Å². The molecule has 1 aliphatic heterocycles.